The number of thiophene rings is 1. The van der Waals surface area contributed by atoms with Crippen molar-refractivity contribution >= 4 is 63.6 Å². The molecule has 18 heteroatoms. The second-order valence-electron chi connectivity index (χ2n) is 17.0. The van der Waals surface area contributed by atoms with Crippen molar-refractivity contribution < 1.29 is 43.2 Å². The first-order chi connectivity index (χ1) is 32.7. The quantitative estimate of drug-likeness (QED) is 0.0266. The number of hydrazone groups is 1. The Kier molecular flexibility index (Phi) is 21.5. The molecular formula is C50H66ClN7O9S. The van der Waals surface area contributed by atoms with Crippen molar-refractivity contribution in [3.63, 3.8) is 0 Å². The number of hydrogen-bond donors (Lipinski definition) is 3. The van der Waals surface area contributed by atoms with E-state index in [-0.39, 0.29) is 61.8 Å². The van der Waals surface area contributed by atoms with Crippen LogP contribution in [0.15, 0.2) is 58.6 Å². The van der Waals surface area contributed by atoms with E-state index in [1.807, 2.05) is 54.8 Å². The molecule has 2 aromatic heterocycles. The van der Waals surface area contributed by atoms with Gasteiger partial charge in [0.1, 0.15) is 22.7 Å². The van der Waals surface area contributed by atoms with Gasteiger partial charge in [-0.3, -0.25) is 23.9 Å². The molecule has 2 aromatic carbocycles. The molecule has 368 valence electrons. The van der Waals surface area contributed by atoms with Gasteiger partial charge >= 0.3 is 5.97 Å². The fourth-order valence-corrected chi connectivity index (χ4v) is 9.09. The van der Waals surface area contributed by atoms with Gasteiger partial charge in [0.15, 0.2) is 5.82 Å². The minimum Gasteiger partial charge on any atom is -0.481 e. The molecule has 3 N–H and O–H groups in total. The van der Waals surface area contributed by atoms with Crippen LogP contribution in [0.5, 0.6) is 0 Å². The van der Waals surface area contributed by atoms with E-state index >= 15 is 0 Å². The Balaban J connectivity index is 1.11. The Bertz CT molecular complexity index is 2360. The molecule has 16 nitrogen and oxygen atoms in total. The predicted octanol–water partition coefficient (Wildman–Crippen LogP) is 9.07. The van der Waals surface area contributed by atoms with Crippen LogP contribution >= 0.6 is 22.9 Å². The van der Waals surface area contributed by atoms with Crippen LogP contribution in [-0.4, -0.2) is 107 Å². The summed E-state index contributed by atoms with van der Waals surface area (Å²) in [5.74, 6) is 0.103. The summed E-state index contributed by atoms with van der Waals surface area (Å²) in [4.78, 5) is 55.6. The maximum Gasteiger partial charge on any atom is 0.303 e. The highest BCUT2D eigenvalue weighted by atomic mass is 35.5. The van der Waals surface area contributed by atoms with Gasteiger partial charge in [0.2, 0.25) is 11.8 Å². The number of carboxylic acid groups (broad SMARTS) is 1. The summed E-state index contributed by atoms with van der Waals surface area (Å²) in [6.45, 7) is 12.8. The smallest absolute Gasteiger partial charge is 0.303 e. The number of ether oxygens (including phenoxy) is 4. The van der Waals surface area contributed by atoms with Gasteiger partial charge in [-0.1, -0.05) is 42.8 Å². The maximum atomic E-state index is 13.7. The zero-order chi connectivity index (χ0) is 49.2. The van der Waals surface area contributed by atoms with Crippen molar-refractivity contribution in [3.8, 4) is 5.00 Å². The van der Waals surface area contributed by atoms with Gasteiger partial charge in [-0.15, -0.1) is 21.5 Å². The molecule has 3 heterocycles. The standard InChI is InChI=1S/C50H66ClN7O9S/c1-8-40(66-30-42(14-9-12-31(2)59)67-29-41(65-27-26-64-7)15-11-17-46(62)63)13-10-16-44(60)56-54-33(4)36-20-24-39(25-21-36)52-45(61)28-43-49-57-55-35(6)58(49)50-47(32(3)34(5)68-50)48(53-43)37-18-22-38(51)23-19-37/h18-25,40-43H,8-17,26-30H2,1-7H3,(H,52,61)(H,56,60)(H,62,63)/t40?,41?,42?,43-/m0/s1. The highest BCUT2D eigenvalue weighted by molar-refractivity contribution is 7.15. The van der Waals surface area contributed by atoms with E-state index in [2.05, 4.69) is 39.9 Å². The summed E-state index contributed by atoms with van der Waals surface area (Å²) < 4.78 is 25.5. The van der Waals surface area contributed by atoms with Gasteiger partial charge in [-0.2, -0.15) is 5.10 Å². The molecule has 0 bridgehead atoms. The van der Waals surface area contributed by atoms with Crippen molar-refractivity contribution in [1.29, 1.82) is 0 Å². The Morgan fingerprint density at radius 2 is 1.49 bits per heavy atom. The zero-order valence-electron chi connectivity index (χ0n) is 40.3. The Hall–Kier alpha value is -5.17. The molecule has 1 aliphatic rings. The van der Waals surface area contributed by atoms with E-state index in [4.69, 9.17) is 40.6 Å². The Morgan fingerprint density at radius 3 is 2.15 bits per heavy atom. The topological polar surface area (TPSA) is 205 Å². The van der Waals surface area contributed by atoms with Crippen LogP contribution in [0.1, 0.15) is 136 Å². The molecule has 1 aliphatic heterocycles. The van der Waals surface area contributed by atoms with Crippen molar-refractivity contribution in [2.45, 2.75) is 137 Å². The van der Waals surface area contributed by atoms with E-state index in [0.29, 0.717) is 92.8 Å². The number of Topliss-reactive ketones (excluding diaryl/α,β-unsaturated/α-hetero) is 1. The average Bonchev–Trinajstić information content (AvgIpc) is 3.79. The Labute approximate surface area is 408 Å². The zero-order valence-corrected chi connectivity index (χ0v) is 41.8. The van der Waals surface area contributed by atoms with E-state index < -0.39 is 12.0 Å². The number of anilines is 1. The number of halogens is 1. The van der Waals surface area contributed by atoms with Crippen LogP contribution in [-0.2, 0) is 38.1 Å². The van der Waals surface area contributed by atoms with Gasteiger partial charge in [0.05, 0.1) is 62.6 Å². The number of rotatable bonds is 29. The number of nitrogens with one attached hydrogen (secondary N) is 2. The van der Waals surface area contributed by atoms with Gasteiger partial charge in [-0.05, 0) is 115 Å². The number of carbonyl (C=O) groups is 4. The molecule has 4 atom stereocenters. The van der Waals surface area contributed by atoms with E-state index in [9.17, 15) is 19.2 Å². The van der Waals surface area contributed by atoms with Gasteiger partial charge in [0.25, 0.3) is 0 Å². The van der Waals surface area contributed by atoms with Gasteiger partial charge in [-0.25, -0.2) is 5.43 Å². The summed E-state index contributed by atoms with van der Waals surface area (Å²) >= 11 is 7.91. The molecule has 0 saturated heterocycles. The molecule has 3 unspecified atom stereocenters. The molecule has 0 aliphatic carbocycles. The third kappa shape index (κ3) is 16.2. The predicted molar refractivity (Wildman–Crippen MR) is 265 cm³/mol. The number of aromatic nitrogens is 3. The average molecular weight is 977 g/mol. The summed E-state index contributed by atoms with van der Waals surface area (Å²) in [7, 11) is 1.59. The molecule has 5 rings (SSSR count). The molecule has 0 saturated carbocycles. The highest BCUT2D eigenvalue weighted by Crippen LogP contribution is 2.39. The first-order valence-corrected chi connectivity index (χ1v) is 24.5. The highest BCUT2D eigenvalue weighted by Gasteiger charge is 2.32. The van der Waals surface area contributed by atoms with Crippen molar-refractivity contribution in [3.05, 3.63) is 92.3 Å². The number of fused-ring (bicyclic) bond motifs is 3. The monoisotopic (exact) mass is 975 g/mol. The number of carbonyl (C=O) groups excluding carboxylic acids is 3. The molecule has 0 spiro atoms. The largest absolute Gasteiger partial charge is 0.481 e. The fraction of sp³-hybridized carbons (Fsp3) is 0.520. The maximum absolute atomic E-state index is 13.7. The molecular weight excluding hydrogens is 910 g/mol. The van der Waals surface area contributed by atoms with Gasteiger partial charge < -0.3 is 34.2 Å². The fourth-order valence-electron chi connectivity index (χ4n) is 7.75. The van der Waals surface area contributed by atoms with Crippen LogP contribution in [0, 0.1) is 20.8 Å². The minimum atomic E-state index is -0.857. The summed E-state index contributed by atoms with van der Waals surface area (Å²) in [6.07, 6.45) is 4.35. The van der Waals surface area contributed by atoms with E-state index in [1.165, 1.54) is 0 Å². The van der Waals surface area contributed by atoms with E-state index in [1.54, 1.807) is 44.4 Å². The normalized spacial score (nSPS) is 14.9. The lowest BCUT2D eigenvalue weighted by atomic mass is 9.99. The van der Waals surface area contributed by atoms with Crippen LogP contribution in [0.2, 0.25) is 5.02 Å². The second-order valence-corrected chi connectivity index (χ2v) is 18.7. The van der Waals surface area contributed by atoms with Crippen LogP contribution in [0.4, 0.5) is 5.69 Å². The number of nitrogens with zero attached hydrogens (tertiary/aromatic N) is 5. The molecule has 68 heavy (non-hydrogen) atoms. The van der Waals surface area contributed by atoms with Crippen molar-refractivity contribution in [2.75, 3.05) is 38.9 Å². The first kappa shape index (κ1) is 53.8. The number of aliphatic carboxylic acids is 1. The van der Waals surface area contributed by atoms with Crippen molar-refractivity contribution in [1.82, 2.24) is 20.2 Å². The third-order valence-electron chi connectivity index (χ3n) is 11.7. The second kappa shape index (κ2) is 27.1. The van der Waals surface area contributed by atoms with Crippen LogP contribution < -0.4 is 10.7 Å². The van der Waals surface area contributed by atoms with Crippen molar-refractivity contribution in [2.24, 2.45) is 10.1 Å². The number of hydrogen-bond acceptors (Lipinski definition) is 13. The first-order valence-electron chi connectivity index (χ1n) is 23.3. The lowest BCUT2D eigenvalue weighted by Gasteiger charge is -2.25. The summed E-state index contributed by atoms with van der Waals surface area (Å²) in [5.41, 5.74) is 8.41. The number of amides is 2. The number of aliphatic imine (C=N–C) groups is 1. The SMILES string of the molecule is CCC(CCCC(=O)NN=C(C)c1ccc(NC(=O)C[C@@H]2N=C(c3ccc(Cl)cc3)c3c(sc(C)c3C)-n3c(C)nnc32)cc1)OCC(CCCC(C)=O)OCC(CCCC(=O)O)OCCOC. The van der Waals surface area contributed by atoms with E-state index in [0.717, 1.165) is 44.3 Å². The molecule has 4 aromatic rings. The van der Waals surface area contributed by atoms with Crippen LogP contribution in [0.3, 0.4) is 0 Å². The van der Waals surface area contributed by atoms with Gasteiger partial charge in [0, 0.05) is 53.1 Å². The number of methoxy groups -OCH3 is 1. The number of carboxylic acids is 1. The molecule has 0 fully saturated rings. The summed E-state index contributed by atoms with van der Waals surface area (Å²) in [5, 5.41) is 26.9. The number of aryl methyl sites for hydroxylation is 2. The number of benzene rings is 2. The lowest BCUT2D eigenvalue weighted by Crippen LogP contribution is -2.30. The lowest BCUT2D eigenvalue weighted by molar-refractivity contribution is -0.137. The minimum absolute atomic E-state index is 0.0316. The molecule has 0 radical (unpaired) electrons. The Morgan fingerprint density at radius 1 is 0.838 bits per heavy atom. The number of ketones is 1. The molecule has 2 amide bonds. The summed E-state index contributed by atoms with van der Waals surface area (Å²) in [6, 6.07) is 14.2. The third-order valence-corrected chi connectivity index (χ3v) is 13.1. The van der Waals surface area contributed by atoms with Crippen LogP contribution in [0.25, 0.3) is 5.00 Å².